The molecule has 0 aromatic carbocycles. The van der Waals surface area contributed by atoms with E-state index in [-0.39, 0.29) is 0 Å². The molecular weight excluding hydrogens is 158 g/mol. The first-order valence-electron chi connectivity index (χ1n) is 5.98. The fraction of sp³-hybridized carbons (Fsp3) is 1.00. The lowest BCUT2D eigenvalue weighted by atomic mass is 10.0. The number of nitrogens with zero attached hydrogens (tertiary/aromatic N) is 1. The Balaban J connectivity index is 1.73. The van der Waals surface area contributed by atoms with Crippen LogP contribution in [0, 0.1) is 17.8 Å². The summed E-state index contributed by atoms with van der Waals surface area (Å²) in [5, 5.41) is 0. The number of hydrogen-bond acceptors (Lipinski definition) is 1. The highest BCUT2D eigenvalue weighted by molar-refractivity contribution is 4.88. The van der Waals surface area contributed by atoms with E-state index in [1.165, 1.54) is 45.3 Å². The normalized spacial score (nSPS) is 34.4. The lowest BCUT2D eigenvalue weighted by molar-refractivity contribution is 0.291. The van der Waals surface area contributed by atoms with E-state index in [2.05, 4.69) is 18.7 Å². The number of hydrogen-bond donors (Lipinski definition) is 0. The third kappa shape index (κ3) is 2.25. The quantitative estimate of drug-likeness (QED) is 0.647. The van der Waals surface area contributed by atoms with Crippen molar-refractivity contribution in [3.05, 3.63) is 0 Å². The predicted molar refractivity (Wildman–Crippen MR) is 56.7 cm³/mol. The first-order chi connectivity index (χ1) is 6.25. The largest absolute Gasteiger partial charge is 0.303 e. The van der Waals surface area contributed by atoms with Gasteiger partial charge in [-0.05, 0) is 43.6 Å². The molecule has 1 aliphatic carbocycles. The molecule has 0 aromatic heterocycles. The lowest BCUT2D eigenvalue weighted by Crippen LogP contribution is -2.23. The molecule has 0 aromatic rings. The lowest BCUT2D eigenvalue weighted by Gasteiger charge is -2.17. The Kier molecular flexibility index (Phi) is 2.92. The molecule has 0 spiro atoms. The first-order valence-corrected chi connectivity index (χ1v) is 5.98. The molecule has 1 saturated carbocycles. The van der Waals surface area contributed by atoms with Crippen LogP contribution in [0.4, 0.5) is 0 Å². The smallest absolute Gasteiger partial charge is 0.00129 e. The van der Waals surface area contributed by atoms with Crippen molar-refractivity contribution in [2.45, 2.75) is 39.5 Å². The zero-order valence-corrected chi connectivity index (χ0v) is 9.13. The van der Waals surface area contributed by atoms with E-state index >= 15 is 0 Å². The molecule has 2 fully saturated rings. The minimum absolute atomic E-state index is 0.875. The molecule has 1 heterocycles. The Labute approximate surface area is 82.5 Å². The summed E-state index contributed by atoms with van der Waals surface area (Å²) >= 11 is 0. The average Bonchev–Trinajstić information content (AvgIpc) is 2.58. The van der Waals surface area contributed by atoms with E-state index in [1.54, 1.807) is 0 Å². The van der Waals surface area contributed by atoms with Gasteiger partial charge in [-0.25, -0.2) is 0 Å². The molecule has 76 valence electrons. The molecule has 1 aliphatic heterocycles. The van der Waals surface area contributed by atoms with E-state index < -0.39 is 0 Å². The van der Waals surface area contributed by atoms with Crippen LogP contribution in [0.2, 0.25) is 0 Å². The Morgan fingerprint density at radius 2 is 1.77 bits per heavy atom. The second-order valence-corrected chi connectivity index (χ2v) is 5.39. The van der Waals surface area contributed by atoms with Gasteiger partial charge in [-0.2, -0.15) is 0 Å². The zero-order chi connectivity index (χ0) is 9.26. The first kappa shape index (κ1) is 9.51. The van der Waals surface area contributed by atoms with Crippen molar-refractivity contribution in [1.82, 2.24) is 4.90 Å². The molecule has 2 aliphatic rings. The molecule has 1 saturated heterocycles. The molecule has 0 unspecified atom stereocenters. The maximum atomic E-state index is 2.70. The van der Waals surface area contributed by atoms with Gasteiger partial charge >= 0.3 is 0 Å². The summed E-state index contributed by atoms with van der Waals surface area (Å²) in [4.78, 5) is 2.70. The minimum atomic E-state index is 0.875. The molecule has 0 bridgehead atoms. The summed E-state index contributed by atoms with van der Waals surface area (Å²) in [6.07, 6.45) is 5.93. The van der Waals surface area contributed by atoms with Gasteiger partial charge in [-0.15, -0.1) is 0 Å². The summed E-state index contributed by atoms with van der Waals surface area (Å²) in [6.45, 7) is 8.84. The molecule has 1 heteroatoms. The fourth-order valence-electron chi connectivity index (χ4n) is 2.96. The van der Waals surface area contributed by atoms with Gasteiger partial charge in [0.25, 0.3) is 0 Å². The number of fused-ring (bicyclic) bond motifs is 1. The van der Waals surface area contributed by atoms with Crippen LogP contribution in [0.25, 0.3) is 0 Å². The average molecular weight is 181 g/mol. The van der Waals surface area contributed by atoms with Crippen molar-refractivity contribution < 1.29 is 0 Å². The van der Waals surface area contributed by atoms with E-state index in [4.69, 9.17) is 0 Å². The van der Waals surface area contributed by atoms with Crippen LogP contribution in [0.15, 0.2) is 0 Å². The van der Waals surface area contributed by atoms with Crippen molar-refractivity contribution in [3.8, 4) is 0 Å². The summed E-state index contributed by atoms with van der Waals surface area (Å²) in [5.74, 6) is 3.03. The van der Waals surface area contributed by atoms with Crippen LogP contribution in [0.5, 0.6) is 0 Å². The van der Waals surface area contributed by atoms with Gasteiger partial charge < -0.3 is 4.90 Å². The summed E-state index contributed by atoms with van der Waals surface area (Å²) in [6, 6.07) is 0. The minimum Gasteiger partial charge on any atom is -0.303 e. The monoisotopic (exact) mass is 181 g/mol. The standard InChI is InChI=1S/C12H23N/c1-10(2)6-7-13-8-11-4-3-5-12(11)9-13/h10-12H,3-9H2,1-2H3/t11-,12+. The van der Waals surface area contributed by atoms with Crippen LogP contribution < -0.4 is 0 Å². The summed E-state index contributed by atoms with van der Waals surface area (Å²) < 4.78 is 0. The summed E-state index contributed by atoms with van der Waals surface area (Å²) in [7, 11) is 0. The van der Waals surface area contributed by atoms with Gasteiger partial charge in [0, 0.05) is 13.1 Å². The van der Waals surface area contributed by atoms with Crippen molar-refractivity contribution in [2.75, 3.05) is 19.6 Å². The number of rotatable bonds is 3. The van der Waals surface area contributed by atoms with Crippen LogP contribution in [0.1, 0.15) is 39.5 Å². The molecule has 1 nitrogen and oxygen atoms in total. The van der Waals surface area contributed by atoms with Crippen molar-refractivity contribution in [2.24, 2.45) is 17.8 Å². The van der Waals surface area contributed by atoms with E-state index in [0.29, 0.717) is 0 Å². The number of likely N-dealkylation sites (tertiary alicyclic amines) is 1. The second kappa shape index (κ2) is 4.00. The van der Waals surface area contributed by atoms with Crippen LogP contribution in [-0.2, 0) is 0 Å². The topological polar surface area (TPSA) is 3.24 Å². The van der Waals surface area contributed by atoms with Crippen molar-refractivity contribution in [1.29, 1.82) is 0 Å². The molecule has 13 heavy (non-hydrogen) atoms. The molecule has 2 rings (SSSR count). The van der Waals surface area contributed by atoms with Gasteiger partial charge in [0.05, 0.1) is 0 Å². The van der Waals surface area contributed by atoms with Crippen LogP contribution in [-0.4, -0.2) is 24.5 Å². The molecule has 0 radical (unpaired) electrons. The third-order valence-corrected chi connectivity index (χ3v) is 3.82. The van der Waals surface area contributed by atoms with Gasteiger partial charge in [-0.3, -0.25) is 0 Å². The SMILES string of the molecule is CC(C)CCN1C[C@H]2CCC[C@H]2C1. The van der Waals surface area contributed by atoms with Gasteiger partial charge in [0.1, 0.15) is 0 Å². The fourth-order valence-corrected chi connectivity index (χ4v) is 2.96. The Bertz CT molecular complexity index is 153. The second-order valence-electron chi connectivity index (χ2n) is 5.39. The molecular formula is C12H23N. The van der Waals surface area contributed by atoms with Gasteiger partial charge in [-0.1, -0.05) is 20.3 Å². The van der Waals surface area contributed by atoms with Crippen molar-refractivity contribution in [3.63, 3.8) is 0 Å². The van der Waals surface area contributed by atoms with E-state index in [9.17, 15) is 0 Å². The highest BCUT2D eigenvalue weighted by Crippen LogP contribution is 2.37. The van der Waals surface area contributed by atoms with Gasteiger partial charge in [0.2, 0.25) is 0 Å². The van der Waals surface area contributed by atoms with Gasteiger partial charge in [0.15, 0.2) is 0 Å². The third-order valence-electron chi connectivity index (χ3n) is 3.82. The highest BCUT2D eigenvalue weighted by atomic mass is 15.2. The maximum absolute atomic E-state index is 2.70. The molecule has 2 atom stereocenters. The Morgan fingerprint density at radius 1 is 1.15 bits per heavy atom. The van der Waals surface area contributed by atoms with Crippen molar-refractivity contribution >= 4 is 0 Å². The maximum Gasteiger partial charge on any atom is 0.00129 e. The van der Waals surface area contributed by atoms with Crippen LogP contribution >= 0.6 is 0 Å². The Morgan fingerprint density at radius 3 is 2.31 bits per heavy atom. The van der Waals surface area contributed by atoms with E-state index in [0.717, 1.165) is 17.8 Å². The zero-order valence-electron chi connectivity index (χ0n) is 9.13. The Hall–Kier alpha value is -0.0400. The molecule has 0 N–H and O–H groups in total. The van der Waals surface area contributed by atoms with E-state index in [1.807, 2.05) is 0 Å². The van der Waals surface area contributed by atoms with Crippen LogP contribution in [0.3, 0.4) is 0 Å². The predicted octanol–water partition coefficient (Wildman–Crippen LogP) is 2.76. The molecule has 0 amide bonds. The summed E-state index contributed by atoms with van der Waals surface area (Å²) in [5.41, 5.74) is 0. The highest BCUT2D eigenvalue weighted by Gasteiger charge is 2.35.